The zero-order valence-corrected chi connectivity index (χ0v) is 7.95. The first-order valence-corrected chi connectivity index (χ1v) is 5.56. The average molecular weight is 179 g/mol. The van der Waals surface area contributed by atoms with Gasteiger partial charge in [0.05, 0.1) is 5.71 Å². The molecule has 4 fully saturated rings. The van der Waals surface area contributed by atoms with Gasteiger partial charge in [-0.1, -0.05) is 5.16 Å². The molecule has 0 radical (unpaired) electrons. The number of hydrogen-bond donors (Lipinski definition) is 1. The van der Waals surface area contributed by atoms with Crippen LogP contribution in [-0.2, 0) is 0 Å². The van der Waals surface area contributed by atoms with Crippen molar-refractivity contribution >= 4 is 5.71 Å². The molecule has 4 aliphatic carbocycles. The lowest BCUT2D eigenvalue weighted by atomic mass is 9.68. The van der Waals surface area contributed by atoms with E-state index in [9.17, 15) is 0 Å². The Bertz CT molecular complexity index is 234. The van der Waals surface area contributed by atoms with Crippen LogP contribution in [0, 0.1) is 23.7 Å². The molecule has 4 aliphatic rings. The molecule has 13 heavy (non-hydrogen) atoms. The van der Waals surface area contributed by atoms with E-state index >= 15 is 0 Å². The van der Waals surface area contributed by atoms with Gasteiger partial charge in [-0.25, -0.2) is 0 Å². The van der Waals surface area contributed by atoms with Crippen molar-refractivity contribution < 1.29 is 5.21 Å². The Morgan fingerprint density at radius 1 is 0.923 bits per heavy atom. The summed E-state index contributed by atoms with van der Waals surface area (Å²) in [5, 5.41) is 12.5. The summed E-state index contributed by atoms with van der Waals surface area (Å²) >= 11 is 0. The van der Waals surface area contributed by atoms with E-state index in [2.05, 4.69) is 5.16 Å². The highest BCUT2D eigenvalue weighted by molar-refractivity contribution is 5.87. The topological polar surface area (TPSA) is 32.6 Å². The zero-order valence-electron chi connectivity index (χ0n) is 7.95. The van der Waals surface area contributed by atoms with E-state index in [1.165, 1.54) is 32.1 Å². The van der Waals surface area contributed by atoms with Gasteiger partial charge in [-0.15, -0.1) is 0 Å². The van der Waals surface area contributed by atoms with Crippen molar-refractivity contribution in [1.29, 1.82) is 0 Å². The van der Waals surface area contributed by atoms with E-state index in [4.69, 9.17) is 5.21 Å². The Balaban J connectivity index is 1.95. The van der Waals surface area contributed by atoms with Crippen LogP contribution in [0.25, 0.3) is 0 Å². The average Bonchev–Trinajstić information content (AvgIpc) is 2.29. The molecule has 1 N–H and O–H groups in total. The van der Waals surface area contributed by atoms with Crippen molar-refractivity contribution in [2.75, 3.05) is 0 Å². The molecule has 0 aliphatic heterocycles. The summed E-state index contributed by atoms with van der Waals surface area (Å²) in [5.41, 5.74) is 1.12. The molecule has 2 nitrogen and oxygen atoms in total. The van der Waals surface area contributed by atoms with Gasteiger partial charge in [-0.3, -0.25) is 0 Å². The van der Waals surface area contributed by atoms with E-state index in [1.807, 2.05) is 0 Å². The van der Waals surface area contributed by atoms with E-state index in [0.717, 1.165) is 29.9 Å². The first-order chi connectivity index (χ1) is 6.35. The third-order valence-corrected chi connectivity index (χ3v) is 4.33. The largest absolute Gasteiger partial charge is 0.411 e. The van der Waals surface area contributed by atoms with Gasteiger partial charge in [-0.2, -0.15) is 0 Å². The number of nitrogens with zero attached hydrogens (tertiary/aromatic N) is 1. The van der Waals surface area contributed by atoms with Crippen LogP contribution < -0.4 is 0 Å². The van der Waals surface area contributed by atoms with E-state index in [1.54, 1.807) is 0 Å². The summed E-state index contributed by atoms with van der Waals surface area (Å²) in [6, 6.07) is 0. The Kier molecular flexibility index (Phi) is 1.64. The van der Waals surface area contributed by atoms with Crippen molar-refractivity contribution in [3.63, 3.8) is 0 Å². The fourth-order valence-corrected chi connectivity index (χ4v) is 4.01. The monoisotopic (exact) mass is 179 g/mol. The first kappa shape index (κ1) is 7.84. The molecule has 0 saturated heterocycles. The molecule has 4 rings (SSSR count). The van der Waals surface area contributed by atoms with E-state index < -0.39 is 0 Å². The van der Waals surface area contributed by atoms with Crippen LogP contribution in [-0.4, -0.2) is 10.9 Å². The molecule has 0 aromatic rings. The number of oxime groups is 1. The zero-order chi connectivity index (χ0) is 8.84. The Morgan fingerprint density at radius 3 is 2.15 bits per heavy atom. The van der Waals surface area contributed by atoms with Gasteiger partial charge < -0.3 is 5.21 Å². The highest BCUT2D eigenvalue weighted by Gasteiger charge is 2.42. The fraction of sp³-hybridized carbons (Fsp3) is 0.909. The van der Waals surface area contributed by atoms with Crippen LogP contribution >= 0.6 is 0 Å². The quantitative estimate of drug-likeness (QED) is 0.450. The predicted octanol–water partition coefficient (Wildman–Crippen LogP) is 2.66. The standard InChI is InChI=1S/C11H17NO/c13-12-11-6-9-2-7-1-8(3-9)5-10(11)4-7/h7-10,13H,1-6H2/b12-11-. The Morgan fingerprint density at radius 2 is 1.54 bits per heavy atom. The minimum absolute atomic E-state index is 0.640. The third kappa shape index (κ3) is 1.18. The van der Waals surface area contributed by atoms with Gasteiger partial charge in [0.2, 0.25) is 0 Å². The predicted molar refractivity (Wildman–Crippen MR) is 50.9 cm³/mol. The molecule has 0 heterocycles. The van der Waals surface area contributed by atoms with E-state index in [-0.39, 0.29) is 0 Å². The second kappa shape index (κ2) is 2.73. The first-order valence-electron chi connectivity index (χ1n) is 5.56. The molecule has 72 valence electrons. The Labute approximate surface area is 79.0 Å². The number of hydrogen-bond acceptors (Lipinski definition) is 2. The highest BCUT2D eigenvalue weighted by atomic mass is 16.4. The minimum Gasteiger partial charge on any atom is -0.411 e. The van der Waals surface area contributed by atoms with Crippen molar-refractivity contribution in [3.05, 3.63) is 0 Å². The van der Waals surface area contributed by atoms with E-state index in [0.29, 0.717) is 5.92 Å². The summed E-state index contributed by atoms with van der Waals surface area (Å²) in [7, 11) is 0. The molecule has 0 aromatic carbocycles. The van der Waals surface area contributed by atoms with Crippen LogP contribution in [0.15, 0.2) is 5.16 Å². The van der Waals surface area contributed by atoms with Gasteiger partial charge in [-0.05, 0) is 56.3 Å². The maximum Gasteiger partial charge on any atom is 0.0604 e. The minimum atomic E-state index is 0.640. The van der Waals surface area contributed by atoms with Crippen molar-refractivity contribution in [3.8, 4) is 0 Å². The number of fused-ring (bicyclic) bond motifs is 1. The summed E-state index contributed by atoms with van der Waals surface area (Å²) in [6.07, 6.45) is 8.00. The fourth-order valence-electron chi connectivity index (χ4n) is 4.01. The molecule has 4 bridgehead atoms. The maximum absolute atomic E-state index is 8.95. The summed E-state index contributed by atoms with van der Waals surface area (Å²) in [6.45, 7) is 0. The molecule has 4 saturated carbocycles. The van der Waals surface area contributed by atoms with Gasteiger partial charge in [0, 0.05) is 5.92 Å². The van der Waals surface area contributed by atoms with Gasteiger partial charge in [0.25, 0.3) is 0 Å². The Hall–Kier alpha value is -0.530. The summed E-state index contributed by atoms with van der Waals surface area (Å²) in [4.78, 5) is 0. The molecular formula is C11H17NO. The molecule has 0 amide bonds. The summed E-state index contributed by atoms with van der Waals surface area (Å²) in [5.74, 6) is 3.41. The summed E-state index contributed by atoms with van der Waals surface area (Å²) < 4.78 is 0. The highest BCUT2D eigenvalue weighted by Crippen LogP contribution is 2.50. The second-order valence-corrected chi connectivity index (χ2v) is 5.27. The van der Waals surface area contributed by atoms with Crippen LogP contribution in [0.4, 0.5) is 0 Å². The molecule has 2 heteroatoms. The van der Waals surface area contributed by atoms with Gasteiger partial charge >= 0.3 is 0 Å². The van der Waals surface area contributed by atoms with Gasteiger partial charge in [0.1, 0.15) is 0 Å². The SMILES string of the molecule is O/N=C1/CC2CC3CC(C2)CC1C3. The molecule has 2 unspecified atom stereocenters. The smallest absolute Gasteiger partial charge is 0.0604 e. The lowest BCUT2D eigenvalue weighted by Gasteiger charge is -2.37. The third-order valence-electron chi connectivity index (χ3n) is 4.33. The van der Waals surface area contributed by atoms with Crippen molar-refractivity contribution in [2.45, 2.75) is 38.5 Å². The normalized spacial score (nSPS) is 51.2. The number of rotatable bonds is 0. The van der Waals surface area contributed by atoms with Crippen LogP contribution in [0.2, 0.25) is 0 Å². The van der Waals surface area contributed by atoms with Gasteiger partial charge in [0.15, 0.2) is 0 Å². The molecular weight excluding hydrogens is 162 g/mol. The van der Waals surface area contributed by atoms with Crippen molar-refractivity contribution in [1.82, 2.24) is 0 Å². The van der Waals surface area contributed by atoms with Crippen molar-refractivity contribution in [2.24, 2.45) is 28.8 Å². The van der Waals surface area contributed by atoms with Crippen LogP contribution in [0.1, 0.15) is 38.5 Å². The lowest BCUT2D eigenvalue weighted by molar-refractivity contribution is 0.139. The molecule has 0 spiro atoms. The van der Waals surface area contributed by atoms with Crippen LogP contribution in [0.5, 0.6) is 0 Å². The second-order valence-electron chi connectivity index (χ2n) is 5.27. The molecule has 2 atom stereocenters. The lowest BCUT2D eigenvalue weighted by Crippen LogP contribution is -2.28. The van der Waals surface area contributed by atoms with Crippen LogP contribution in [0.3, 0.4) is 0 Å². The molecule has 0 aromatic heterocycles. The maximum atomic E-state index is 8.95.